The van der Waals surface area contributed by atoms with Gasteiger partial charge in [-0.25, -0.2) is 0 Å². The van der Waals surface area contributed by atoms with E-state index in [9.17, 15) is 0 Å². The highest BCUT2D eigenvalue weighted by Crippen LogP contribution is 2.47. The van der Waals surface area contributed by atoms with E-state index in [4.69, 9.17) is 17.3 Å². The zero-order valence-electron chi connectivity index (χ0n) is 9.78. The van der Waals surface area contributed by atoms with Crippen molar-refractivity contribution in [1.29, 1.82) is 0 Å². The van der Waals surface area contributed by atoms with Gasteiger partial charge >= 0.3 is 0 Å². The summed E-state index contributed by atoms with van der Waals surface area (Å²) in [6.07, 6.45) is 3.48. The molecule has 0 bridgehead atoms. The maximum Gasteiger partial charge on any atom is 0.142 e. The van der Waals surface area contributed by atoms with Gasteiger partial charge in [0.15, 0.2) is 0 Å². The fourth-order valence-electron chi connectivity index (χ4n) is 1.99. The fraction of sp³-hybridized carbons (Fsp3) is 0.417. The van der Waals surface area contributed by atoms with E-state index in [1.807, 2.05) is 6.07 Å². The summed E-state index contributed by atoms with van der Waals surface area (Å²) in [5, 5.41) is 4.60. The van der Waals surface area contributed by atoms with Crippen LogP contribution in [0.25, 0.3) is 0 Å². The Labute approximate surface area is 119 Å². The molecule has 2 aromatic heterocycles. The molecule has 1 saturated carbocycles. The number of anilines is 2. The first-order valence-electron chi connectivity index (χ1n) is 5.97. The molecule has 18 heavy (non-hydrogen) atoms. The van der Waals surface area contributed by atoms with E-state index in [0.29, 0.717) is 11.7 Å². The molecule has 0 spiro atoms. The average Bonchev–Trinajstić information content (AvgIpc) is 2.99. The van der Waals surface area contributed by atoms with Crippen LogP contribution in [0.5, 0.6) is 0 Å². The Kier molecular flexibility index (Phi) is 3.46. The molecule has 0 radical (unpaired) electrons. The Hall–Kier alpha value is -0.780. The normalized spacial score (nSPS) is 14.9. The molecule has 0 unspecified atom stereocenters. The summed E-state index contributed by atoms with van der Waals surface area (Å²) in [6, 6.07) is 4.03. The van der Waals surface area contributed by atoms with Crippen molar-refractivity contribution < 1.29 is 0 Å². The van der Waals surface area contributed by atoms with Crippen LogP contribution in [0.15, 0.2) is 12.1 Å². The zero-order chi connectivity index (χ0) is 12.5. The van der Waals surface area contributed by atoms with Gasteiger partial charge in [-0.3, -0.25) is 0 Å². The molecule has 3 rings (SSSR count). The van der Waals surface area contributed by atoms with Gasteiger partial charge in [0.05, 0.1) is 4.34 Å². The summed E-state index contributed by atoms with van der Waals surface area (Å²) in [4.78, 5) is 1.30. The lowest BCUT2D eigenvalue weighted by Gasteiger charge is -2.05. The first-order valence-corrected chi connectivity index (χ1v) is 7.94. The van der Waals surface area contributed by atoms with Crippen molar-refractivity contribution in [2.24, 2.45) is 0 Å². The SMILES string of the molecule is Nc1nsc(NCCc2ccc(Cl)s2)c1C1CC1. The number of hydrogen-bond acceptors (Lipinski definition) is 5. The maximum absolute atomic E-state index is 5.91. The van der Waals surface area contributed by atoms with Crippen LogP contribution in [0.2, 0.25) is 4.34 Å². The molecule has 0 atom stereocenters. The lowest BCUT2D eigenvalue weighted by atomic mass is 10.2. The van der Waals surface area contributed by atoms with Crippen molar-refractivity contribution in [3.8, 4) is 0 Å². The summed E-state index contributed by atoms with van der Waals surface area (Å²) in [5.74, 6) is 1.35. The van der Waals surface area contributed by atoms with Crippen LogP contribution in [0.3, 0.4) is 0 Å². The second-order valence-corrected chi connectivity index (χ2v) is 7.04. The highest BCUT2D eigenvalue weighted by Gasteiger charge is 2.30. The number of nitrogens with one attached hydrogen (secondary N) is 1. The predicted molar refractivity (Wildman–Crippen MR) is 80.0 cm³/mol. The number of nitrogen functional groups attached to an aromatic ring is 1. The Morgan fingerprint density at radius 3 is 2.94 bits per heavy atom. The zero-order valence-corrected chi connectivity index (χ0v) is 12.2. The molecule has 6 heteroatoms. The van der Waals surface area contributed by atoms with Gasteiger partial charge in [0.1, 0.15) is 10.8 Å². The van der Waals surface area contributed by atoms with Crippen molar-refractivity contribution in [3.05, 3.63) is 26.9 Å². The van der Waals surface area contributed by atoms with Gasteiger partial charge in [-0.2, -0.15) is 4.37 Å². The number of hydrogen-bond donors (Lipinski definition) is 2. The molecule has 2 aromatic rings. The highest BCUT2D eigenvalue weighted by atomic mass is 35.5. The topological polar surface area (TPSA) is 50.9 Å². The second-order valence-electron chi connectivity index (χ2n) is 4.47. The molecule has 96 valence electrons. The molecule has 0 aromatic carbocycles. The van der Waals surface area contributed by atoms with Gasteiger partial charge in [-0.1, -0.05) is 11.6 Å². The molecule has 2 heterocycles. The van der Waals surface area contributed by atoms with Crippen LogP contribution >= 0.6 is 34.5 Å². The molecule has 1 aliphatic carbocycles. The molecule has 1 fully saturated rings. The lowest BCUT2D eigenvalue weighted by Crippen LogP contribution is -2.04. The maximum atomic E-state index is 5.91. The van der Waals surface area contributed by atoms with Crippen LogP contribution < -0.4 is 11.1 Å². The van der Waals surface area contributed by atoms with Crippen LogP contribution in [0.1, 0.15) is 29.2 Å². The summed E-state index contributed by atoms with van der Waals surface area (Å²) < 4.78 is 5.10. The number of thiophene rings is 1. The summed E-state index contributed by atoms with van der Waals surface area (Å²) >= 11 is 9.02. The summed E-state index contributed by atoms with van der Waals surface area (Å²) in [7, 11) is 0. The highest BCUT2D eigenvalue weighted by molar-refractivity contribution is 7.16. The summed E-state index contributed by atoms with van der Waals surface area (Å²) in [5.41, 5.74) is 7.15. The van der Waals surface area contributed by atoms with Gasteiger partial charge in [-0.15, -0.1) is 11.3 Å². The number of aromatic nitrogens is 1. The van der Waals surface area contributed by atoms with Crippen molar-refractivity contribution in [1.82, 2.24) is 4.37 Å². The van der Waals surface area contributed by atoms with Crippen molar-refractivity contribution in [2.45, 2.75) is 25.2 Å². The van der Waals surface area contributed by atoms with E-state index in [2.05, 4.69) is 15.8 Å². The summed E-state index contributed by atoms with van der Waals surface area (Å²) in [6.45, 7) is 0.901. The Bertz CT molecular complexity index is 545. The molecular weight excluding hydrogens is 286 g/mol. The van der Waals surface area contributed by atoms with E-state index in [1.54, 1.807) is 11.3 Å². The van der Waals surface area contributed by atoms with Crippen LogP contribution in [0.4, 0.5) is 10.8 Å². The average molecular weight is 300 g/mol. The Balaban J connectivity index is 1.60. The minimum atomic E-state index is 0.641. The van der Waals surface area contributed by atoms with Crippen molar-refractivity contribution >= 4 is 45.3 Å². The first kappa shape index (κ1) is 12.3. The first-order chi connectivity index (χ1) is 8.74. The number of halogens is 1. The molecule has 0 saturated heterocycles. The third-order valence-electron chi connectivity index (χ3n) is 3.03. The molecule has 0 aliphatic heterocycles. The van der Waals surface area contributed by atoms with Crippen LogP contribution in [0, 0.1) is 0 Å². The van der Waals surface area contributed by atoms with Gasteiger partial charge in [0, 0.05) is 17.0 Å². The smallest absolute Gasteiger partial charge is 0.142 e. The van der Waals surface area contributed by atoms with Crippen molar-refractivity contribution in [3.63, 3.8) is 0 Å². The lowest BCUT2D eigenvalue weighted by molar-refractivity contribution is 1.04. The monoisotopic (exact) mass is 299 g/mol. The minimum absolute atomic E-state index is 0.641. The number of nitrogens with two attached hydrogens (primary N) is 1. The van der Waals surface area contributed by atoms with E-state index < -0.39 is 0 Å². The van der Waals surface area contributed by atoms with E-state index in [1.165, 1.54) is 34.8 Å². The third kappa shape index (κ3) is 2.63. The molecule has 1 aliphatic rings. The van der Waals surface area contributed by atoms with E-state index in [0.717, 1.165) is 22.3 Å². The van der Waals surface area contributed by atoms with Gasteiger partial charge in [0.2, 0.25) is 0 Å². The second kappa shape index (κ2) is 5.07. The third-order valence-corrected chi connectivity index (χ3v) is 5.15. The largest absolute Gasteiger partial charge is 0.383 e. The quantitative estimate of drug-likeness (QED) is 0.878. The van der Waals surface area contributed by atoms with E-state index in [-0.39, 0.29) is 0 Å². The number of rotatable bonds is 5. The Morgan fingerprint density at radius 1 is 1.44 bits per heavy atom. The Morgan fingerprint density at radius 2 is 2.28 bits per heavy atom. The van der Waals surface area contributed by atoms with Gasteiger partial charge < -0.3 is 11.1 Å². The van der Waals surface area contributed by atoms with Crippen molar-refractivity contribution in [2.75, 3.05) is 17.6 Å². The minimum Gasteiger partial charge on any atom is -0.383 e. The predicted octanol–water partition coefficient (Wildman–Crippen LogP) is 3.97. The van der Waals surface area contributed by atoms with Gasteiger partial charge in [-0.05, 0) is 48.8 Å². The standard InChI is InChI=1S/C12H14ClN3S2/c13-9-4-3-8(17-9)5-6-15-12-10(7-1-2-7)11(14)16-18-12/h3-4,7,15H,1-2,5-6H2,(H2,14,16). The number of nitrogens with zero attached hydrogens (tertiary/aromatic N) is 1. The van der Waals surface area contributed by atoms with Crippen LogP contribution in [-0.2, 0) is 6.42 Å². The molecule has 3 nitrogen and oxygen atoms in total. The van der Waals surface area contributed by atoms with Crippen LogP contribution in [-0.4, -0.2) is 10.9 Å². The molecular formula is C12H14ClN3S2. The van der Waals surface area contributed by atoms with Gasteiger partial charge in [0.25, 0.3) is 0 Å². The molecule has 3 N–H and O–H groups in total. The molecule has 0 amide bonds. The van der Waals surface area contributed by atoms with E-state index >= 15 is 0 Å². The fourth-order valence-corrected chi connectivity index (χ4v) is 3.90.